The molecule has 1 radical (unpaired) electrons. The molecule has 0 spiro atoms. The second-order valence-corrected chi connectivity index (χ2v) is 4.93. The lowest BCUT2D eigenvalue weighted by molar-refractivity contribution is 0.660. The van der Waals surface area contributed by atoms with E-state index in [4.69, 9.17) is 5.73 Å². The second kappa shape index (κ2) is 2.88. The Morgan fingerprint density at radius 1 is 0.875 bits per heavy atom. The fraction of sp³-hybridized carbons (Fsp3) is 0.200. The van der Waals surface area contributed by atoms with Gasteiger partial charge in [0, 0.05) is 5.41 Å². The monoisotopic (exact) mass is 208 g/mol. The van der Waals surface area contributed by atoms with Gasteiger partial charge in [0.05, 0.1) is 5.69 Å². The summed E-state index contributed by atoms with van der Waals surface area (Å²) < 4.78 is 0. The summed E-state index contributed by atoms with van der Waals surface area (Å²) in [6.07, 6.45) is 0. The van der Waals surface area contributed by atoms with E-state index in [1.54, 1.807) is 0 Å². The molecule has 79 valence electrons. The van der Waals surface area contributed by atoms with Crippen LogP contribution >= 0.6 is 0 Å². The second-order valence-electron chi connectivity index (χ2n) is 4.93. The van der Waals surface area contributed by atoms with Crippen molar-refractivity contribution in [1.29, 1.82) is 0 Å². The molecule has 0 bridgehead atoms. The van der Waals surface area contributed by atoms with Gasteiger partial charge in [-0.25, -0.2) is 0 Å². The molecule has 3 rings (SSSR count). The Balaban J connectivity index is 2.39. The first-order valence-electron chi connectivity index (χ1n) is 5.57. The molecule has 1 aliphatic carbocycles. The third kappa shape index (κ3) is 1.06. The summed E-state index contributed by atoms with van der Waals surface area (Å²) in [7, 11) is 0. The molecule has 1 aliphatic rings. The highest BCUT2D eigenvalue weighted by Crippen LogP contribution is 2.48. The van der Waals surface area contributed by atoms with Crippen molar-refractivity contribution in [3.8, 4) is 11.1 Å². The van der Waals surface area contributed by atoms with Gasteiger partial charge >= 0.3 is 0 Å². The molecule has 16 heavy (non-hydrogen) atoms. The average Bonchev–Trinajstić information content (AvgIpc) is 2.49. The van der Waals surface area contributed by atoms with Crippen molar-refractivity contribution in [3.63, 3.8) is 0 Å². The van der Waals surface area contributed by atoms with E-state index in [9.17, 15) is 0 Å². The molecule has 1 N–H and O–H groups in total. The summed E-state index contributed by atoms with van der Waals surface area (Å²) in [5.74, 6) is 0. The predicted octanol–water partition coefficient (Wildman–Crippen LogP) is 3.91. The van der Waals surface area contributed by atoms with Crippen LogP contribution in [0.1, 0.15) is 25.0 Å². The highest BCUT2D eigenvalue weighted by atomic mass is 14.5. The van der Waals surface area contributed by atoms with Crippen LogP contribution in [0.5, 0.6) is 0 Å². The van der Waals surface area contributed by atoms with Crippen molar-refractivity contribution in [2.24, 2.45) is 0 Å². The maximum atomic E-state index is 7.75. The number of rotatable bonds is 0. The summed E-state index contributed by atoms with van der Waals surface area (Å²) in [6.45, 7) is 4.47. The molecule has 0 aromatic heterocycles. The summed E-state index contributed by atoms with van der Waals surface area (Å²) in [4.78, 5) is 0. The fourth-order valence-corrected chi connectivity index (χ4v) is 2.70. The quantitative estimate of drug-likeness (QED) is 0.627. The maximum Gasteiger partial charge on any atom is 0.0543 e. The molecule has 0 saturated heterocycles. The van der Waals surface area contributed by atoms with Crippen LogP contribution < -0.4 is 5.73 Å². The van der Waals surface area contributed by atoms with E-state index in [0.717, 1.165) is 0 Å². The zero-order chi connectivity index (χ0) is 11.3. The third-order valence-electron chi connectivity index (χ3n) is 3.58. The lowest BCUT2D eigenvalue weighted by Crippen LogP contribution is -2.14. The highest BCUT2D eigenvalue weighted by Gasteiger charge is 2.34. The summed E-state index contributed by atoms with van der Waals surface area (Å²) in [5, 5.41) is 0. The van der Waals surface area contributed by atoms with Crippen molar-refractivity contribution in [2.45, 2.75) is 19.3 Å². The molecule has 1 nitrogen and oxygen atoms in total. The maximum absolute atomic E-state index is 7.75. The van der Waals surface area contributed by atoms with Gasteiger partial charge in [-0.1, -0.05) is 44.2 Å². The van der Waals surface area contributed by atoms with Gasteiger partial charge in [-0.2, -0.15) is 0 Å². The summed E-state index contributed by atoms with van der Waals surface area (Å²) in [6, 6.07) is 14.5. The molecular weight excluding hydrogens is 194 g/mol. The number of fused-ring (bicyclic) bond motifs is 3. The van der Waals surface area contributed by atoms with Crippen LogP contribution in [0.2, 0.25) is 0 Å². The third-order valence-corrected chi connectivity index (χ3v) is 3.58. The van der Waals surface area contributed by atoms with Gasteiger partial charge in [0.2, 0.25) is 0 Å². The van der Waals surface area contributed by atoms with Gasteiger partial charge in [-0.05, 0) is 34.4 Å². The largest absolute Gasteiger partial charge is 0.301 e. The molecule has 0 fully saturated rings. The molecule has 2 aromatic rings. The predicted molar refractivity (Wildman–Crippen MR) is 66.8 cm³/mol. The Morgan fingerprint density at radius 2 is 1.56 bits per heavy atom. The lowest BCUT2D eigenvalue weighted by atomic mass is 9.82. The van der Waals surface area contributed by atoms with E-state index in [1.807, 2.05) is 12.1 Å². The van der Waals surface area contributed by atoms with Crippen molar-refractivity contribution in [1.82, 2.24) is 5.73 Å². The van der Waals surface area contributed by atoms with Crippen LogP contribution in [0.3, 0.4) is 0 Å². The molecule has 0 atom stereocenters. The van der Waals surface area contributed by atoms with Gasteiger partial charge in [0.1, 0.15) is 0 Å². The van der Waals surface area contributed by atoms with Gasteiger partial charge in [0.15, 0.2) is 0 Å². The number of hydrogen-bond donors (Lipinski definition) is 0. The SMILES string of the molecule is CC1(C)c2ccccc2-c2ccc([NH])cc21. The van der Waals surface area contributed by atoms with Crippen molar-refractivity contribution in [2.75, 3.05) is 0 Å². The molecule has 0 aliphatic heterocycles. The number of nitrogens with one attached hydrogen (secondary N) is 1. The van der Waals surface area contributed by atoms with Crippen LogP contribution in [-0.2, 0) is 5.41 Å². The smallest absolute Gasteiger partial charge is 0.0543 e. The van der Waals surface area contributed by atoms with Crippen LogP contribution in [0, 0.1) is 0 Å². The summed E-state index contributed by atoms with van der Waals surface area (Å²) in [5.41, 5.74) is 13.6. The first kappa shape index (κ1) is 9.46. The Kier molecular flexibility index (Phi) is 1.70. The van der Waals surface area contributed by atoms with E-state index in [1.165, 1.54) is 22.3 Å². The Hall–Kier alpha value is -1.76. The molecular formula is C15H14N. The standard InChI is InChI=1S/C15H14N/c1-15(2)13-6-4-3-5-11(13)12-8-7-10(16)9-14(12)15/h3-9,16H,1-2H3. The lowest BCUT2D eigenvalue weighted by Gasteiger charge is -2.21. The Morgan fingerprint density at radius 3 is 2.38 bits per heavy atom. The van der Waals surface area contributed by atoms with Crippen molar-refractivity contribution >= 4 is 5.69 Å². The van der Waals surface area contributed by atoms with Crippen molar-refractivity contribution in [3.05, 3.63) is 53.6 Å². The van der Waals surface area contributed by atoms with Crippen LogP contribution in [0.25, 0.3) is 11.1 Å². The average molecular weight is 208 g/mol. The van der Waals surface area contributed by atoms with E-state index < -0.39 is 0 Å². The van der Waals surface area contributed by atoms with Crippen LogP contribution in [0.4, 0.5) is 5.69 Å². The number of benzene rings is 2. The molecule has 0 amide bonds. The van der Waals surface area contributed by atoms with E-state index in [2.05, 4.69) is 44.2 Å². The molecule has 1 heteroatoms. The van der Waals surface area contributed by atoms with Crippen molar-refractivity contribution < 1.29 is 0 Å². The highest BCUT2D eigenvalue weighted by molar-refractivity contribution is 5.81. The zero-order valence-electron chi connectivity index (χ0n) is 9.54. The molecule has 2 aromatic carbocycles. The van der Waals surface area contributed by atoms with Gasteiger partial charge in [-0.3, -0.25) is 0 Å². The first-order valence-corrected chi connectivity index (χ1v) is 5.57. The minimum atomic E-state index is 0.0307. The Bertz CT molecular complexity index is 567. The topological polar surface area (TPSA) is 23.8 Å². The van der Waals surface area contributed by atoms with Crippen LogP contribution in [0.15, 0.2) is 42.5 Å². The minimum absolute atomic E-state index is 0.0307. The zero-order valence-corrected chi connectivity index (χ0v) is 9.54. The Labute approximate surface area is 95.9 Å². The molecule has 0 heterocycles. The summed E-state index contributed by atoms with van der Waals surface area (Å²) >= 11 is 0. The molecule has 0 unspecified atom stereocenters. The minimum Gasteiger partial charge on any atom is -0.301 e. The van der Waals surface area contributed by atoms with E-state index >= 15 is 0 Å². The van der Waals surface area contributed by atoms with Gasteiger partial charge in [-0.15, -0.1) is 0 Å². The molecule has 0 saturated carbocycles. The van der Waals surface area contributed by atoms with Crippen LogP contribution in [-0.4, -0.2) is 0 Å². The van der Waals surface area contributed by atoms with E-state index in [0.29, 0.717) is 5.69 Å². The van der Waals surface area contributed by atoms with Gasteiger partial charge in [0.25, 0.3) is 0 Å². The number of hydrogen-bond acceptors (Lipinski definition) is 0. The first-order chi connectivity index (χ1) is 7.60. The fourth-order valence-electron chi connectivity index (χ4n) is 2.70. The van der Waals surface area contributed by atoms with E-state index in [-0.39, 0.29) is 5.41 Å². The normalized spacial score (nSPS) is 15.6. The van der Waals surface area contributed by atoms with Gasteiger partial charge < -0.3 is 5.73 Å².